The Morgan fingerprint density at radius 3 is 2.34 bits per heavy atom. The largest absolute Gasteiger partial charge is 0.474 e. The summed E-state index contributed by atoms with van der Waals surface area (Å²) in [5, 5.41) is 0.465. The molecule has 0 N–H and O–H groups in total. The summed E-state index contributed by atoms with van der Waals surface area (Å²) >= 11 is 0. The normalized spacial score (nSPS) is 14.8. The average molecular weight is 425 g/mol. The molecule has 6 rings (SSSR count). The number of furan rings is 1. The Hall–Kier alpha value is -4.26. The third-order valence-electron chi connectivity index (χ3n) is 6.06. The molecule has 1 atom stereocenters. The molecule has 0 amide bonds. The molecular formula is C25H19N3O4. The van der Waals surface area contributed by atoms with Crippen LogP contribution in [0.1, 0.15) is 17.6 Å². The first-order valence-electron chi connectivity index (χ1n) is 10.3. The van der Waals surface area contributed by atoms with Gasteiger partial charge in [-0.1, -0.05) is 42.5 Å². The highest BCUT2D eigenvalue weighted by atomic mass is 16.5. The van der Waals surface area contributed by atoms with Gasteiger partial charge in [-0.25, -0.2) is 4.79 Å². The van der Waals surface area contributed by atoms with Gasteiger partial charge < -0.3 is 13.7 Å². The van der Waals surface area contributed by atoms with Crippen molar-refractivity contribution >= 4 is 10.9 Å². The number of hydrogen-bond donors (Lipinski definition) is 0. The van der Waals surface area contributed by atoms with E-state index in [-0.39, 0.29) is 5.56 Å². The second-order valence-electron chi connectivity index (χ2n) is 7.85. The minimum atomic E-state index is -0.627. The topological polar surface area (TPSA) is 71.3 Å². The van der Waals surface area contributed by atoms with Crippen molar-refractivity contribution in [2.45, 2.75) is 6.10 Å². The zero-order valence-electron chi connectivity index (χ0n) is 17.5. The number of benzene rings is 2. The van der Waals surface area contributed by atoms with Crippen molar-refractivity contribution in [2.75, 3.05) is 0 Å². The van der Waals surface area contributed by atoms with Crippen LogP contribution >= 0.6 is 0 Å². The predicted molar refractivity (Wildman–Crippen MR) is 120 cm³/mol. The molecule has 3 aromatic heterocycles. The van der Waals surface area contributed by atoms with Crippen molar-refractivity contribution < 1.29 is 9.15 Å². The van der Waals surface area contributed by atoms with Gasteiger partial charge in [-0.3, -0.25) is 13.9 Å². The maximum absolute atomic E-state index is 13.5. The van der Waals surface area contributed by atoms with E-state index in [1.54, 1.807) is 19.4 Å². The second-order valence-corrected chi connectivity index (χ2v) is 7.85. The first-order chi connectivity index (χ1) is 15.6. The molecule has 7 nitrogen and oxygen atoms in total. The Bertz CT molecular complexity index is 1610. The molecule has 32 heavy (non-hydrogen) atoms. The molecule has 0 radical (unpaired) electrons. The number of fused-ring (bicyclic) bond motifs is 5. The van der Waals surface area contributed by atoms with E-state index in [0.717, 1.165) is 21.5 Å². The van der Waals surface area contributed by atoms with Gasteiger partial charge in [0.25, 0.3) is 5.56 Å². The van der Waals surface area contributed by atoms with E-state index >= 15 is 0 Å². The lowest BCUT2D eigenvalue weighted by molar-refractivity contribution is 0.199. The van der Waals surface area contributed by atoms with Gasteiger partial charge in [0.15, 0.2) is 11.9 Å². The van der Waals surface area contributed by atoms with Crippen LogP contribution in [-0.2, 0) is 14.1 Å². The molecule has 0 aliphatic carbocycles. The van der Waals surface area contributed by atoms with Crippen molar-refractivity contribution in [3.05, 3.63) is 105 Å². The van der Waals surface area contributed by atoms with Crippen LogP contribution < -0.4 is 16.0 Å². The van der Waals surface area contributed by atoms with Gasteiger partial charge in [0.05, 0.1) is 34.2 Å². The van der Waals surface area contributed by atoms with Gasteiger partial charge in [-0.05, 0) is 29.8 Å². The smallest absolute Gasteiger partial charge is 0.331 e. The van der Waals surface area contributed by atoms with Crippen molar-refractivity contribution in [1.82, 2.24) is 13.7 Å². The average Bonchev–Trinajstić information content (AvgIpc) is 3.48. The molecule has 0 fully saturated rings. The molecule has 158 valence electrons. The van der Waals surface area contributed by atoms with Crippen LogP contribution in [0.5, 0.6) is 5.75 Å². The summed E-state index contributed by atoms with van der Waals surface area (Å²) in [6.07, 6.45) is 0.961. The summed E-state index contributed by atoms with van der Waals surface area (Å²) in [6, 6.07) is 21.0. The number of aryl methyl sites for hydroxylation is 1. The van der Waals surface area contributed by atoms with Crippen LogP contribution in [0.15, 0.2) is 87.0 Å². The summed E-state index contributed by atoms with van der Waals surface area (Å²) in [6.45, 7) is 0. The maximum atomic E-state index is 13.5. The van der Waals surface area contributed by atoms with Crippen LogP contribution in [-0.4, -0.2) is 13.7 Å². The fraction of sp³-hybridized carbons (Fsp3) is 0.120. The van der Waals surface area contributed by atoms with E-state index in [4.69, 9.17) is 9.15 Å². The molecule has 7 heteroatoms. The first kappa shape index (κ1) is 18.5. The molecule has 2 aromatic carbocycles. The van der Waals surface area contributed by atoms with Gasteiger partial charge in [-0.2, -0.15) is 0 Å². The fourth-order valence-electron chi connectivity index (χ4n) is 4.61. The number of hydrogen-bond acceptors (Lipinski definition) is 4. The highest BCUT2D eigenvalue weighted by Crippen LogP contribution is 2.46. The highest BCUT2D eigenvalue weighted by molar-refractivity contribution is 5.98. The number of ether oxygens (including phenoxy) is 1. The minimum Gasteiger partial charge on any atom is -0.474 e. The van der Waals surface area contributed by atoms with Crippen molar-refractivity contribution in [3.63, 3.8) is 0 Å². The standard InChI is InChI=1S/C25H19N3O4/c1-26-21-19(24(29)27(2)25(26)30)20(15-9-4-3-5-10-15)28-16-11-6-7-12-17(16)32-23(22(21)28)18-13-8-14-31-18/h3-14,23H,1-2H3. The van der Waals surface area contributed by atoms with Gasteiger partial charge in [-0.15, -0.1) is 0 Å². The van der Waals surface area contributed by atoms with E-state index in [1.165, 1.54) is 11.6 Å². The number of aromatic nitrogens is 3. The summed E-state index contributed by atoms with van der Waals surface area (Å²) < 4.78 is 16.8. The van der Waals surface area contributed by atoms with Crippen LogP contribution in [0.3, 0.4) is 0 Å². The summed E-state index contributed by atoms with van der Waals surface area (Å²) in [5.74, 6) is 1.26. The van der Waals surface area contributed by atoms with E-state index in [9.17, 15) is 9.59 Å². The van der Waals surface area contributed by atoms with Crippen LogP contribution in [0.25, 0.3) is 27.8 Å². The Labute approximate surface area is 182 Å². The molecule has 1 aliphatic heterocycles. The molecule has 0 spiro atoms. The van der Waals surface area contributed by atoms with E-state index in [2.05, 4.69) is 0 Å². The van der Waals surface area contributed by atoms with Gasteiger partial charge in [0.1, 0.15) is 5.75 Å². The molecule has 0 saturated heterocycles. The molecule has 0 bridgehead atoms. The van der Waals surface area contributed by atoms with Gasteiger partial charge in [0, 0.05) is 14.1 Å². The van der Waals surface area contributed by atoms with Gasteiger partial charge >= 0.3 is 5.69 Å². The highest BCUT2D eigenvalue weighted by Gasteiger charge is 2.37. The lowest BCUT2D eigenvalue weighted by Gasteiger charge is -2.28. The molecular weight excluding hydrogens is 406 g/mol. The Morgan fingerprint density at radius 1 is 0.844 bits per heavy atom. The number of nitrogens with zero attached hydrogens (tertiary/aromatic N) is 3. The van der Waals surface area contributed by atoms with Crippen LogP contribution in [0.4, 0.5) is 0 Å². The van der Waals surface area contributed by atoms with Crippen molar-refractivity contribution in [3.8, 4) is 22.7 Å². The quantitative estimate of drug-likeness (QED) is 0.432. The monoisotopic (exact) mass is 425 g/mol. The second kappa shape index (κ2) is 6.62. The Balaban J connectivity index is 1.90. The lowest BCUT2D eigenvalue weighted by Crippen LogP contribution is -2.37. The third-order valence-corrected chi connectivity index (χ3v) is 6.06. The van der Waals surface area contributed by atoms with Crippen molar-refractivity contribution in [2.24, 2.45) is 14.1 Å². The summed E-state index contributed by atoms with van der Waals surface area (Å²) in [7, 11) is 3.18. The predicted octanol–water partition coefficient (Wildman–Crippen LogP) is 3.77. The first-order valence-corrected chi connectivity index (χ1v) is 10.3. The summed E-state index contributed by atoms with van der Waals surface area (Å²) in [5.41, 5.74) is 2.87. The van der Waals surface area contributed by atoms with E-state index in [1.807, 2.05) is 65.2 Å². The van der Waals surface area contributed by atoms with E-state index < -0.39 is 11.8 Å². The maximum Gasteiger partial charge on any atom is 0.331 e. The SMILES string of the molecule is Cn1c(=O)c2c(-c3ccccc3)n3c(c2n(C)c1=O)C(c1ccco1)Oc1ccccc1-3. The van der Waals surface area contributed by atoms with E-state index in [0.29, 0.717) is 28.1 Å². The molecule has 0 saturated carbocycles. The Morgan fingerprint density at radius 2 is 1.59 bits per heavy atom. The zero-order valence-corrected chi connectivity index (χ0v) is 17.5. The van der Waals surface area contributed by atoms with Gasteiger partial charge in [0.2, 0.25) is 0 Å². The molecule has 5 aromatic rings. The van der Waals surface area contributed by atoms with Crippen LogP contribution in [0, 0.1) is 0 Å². The number of para-hydroxylation sites is 2. The summed E-state index contributed by atoms with van der Waals surface area (Å²) in [4.78, 5) is 26.4. The molecule has 1 unspecified atom stereocenters. The van der Waals surface area contributed by atoms with Crippen LogP contribution in [0.2, 0.25) is 0 Å². The minimum absolute atomic E-state index is 0.348. The number of rotatable bonds is 2. The zero-order chi connectivity index (χ0) is 22.0. The third kappa shape index (κ3) is 2.36. The molecule has 1 aliphatic rings. The molecule has 4 heterocycles. The fourth-order valence-corrected chi connectivity index (χ4v) is 4.61. The lowest BCUT2D eigenvalue weighted by atomic mass is 10.1. The Kier molecular flexibility index (Phi) is 3.83. The van der Waals surface area contributed by atoms with Crippen molar-refractivity contribution in [1.29, 1.82) is 0 Å².